The topological polar surface area (TPSA) is 80.6 Å². The zero-order valence-corrected chi connectivity index (χ0v) is 16.2. The molecule has 0 aromatic carbocycles. The predicted octanol–water partition coefficient (Wildman–Crippen LogP) is 3.77. The van der Waals surface area contributed by atoms with Crippen molar-refractivity contribution >= 4 is 45.5 Å². The fourth-order valence-electron chi connectivity index (χ4n) is 2.96. The van der Waals surface area contributed by atoms with Gasteiger partial charge < -0.3 is 14.5 Å². The fourth-order valence-corrected chi connectivity index (χ4v) is 4.63. The van der Waals surface area contributed by atoms with Gasteiger partial charge in [0.2, 0.25) is 0 Å². The number of nitrogens with one attached hydrogen (secondary N) is 2. The van der Waals surface area contributed by atoms with E-state index in [9.17, 15) is 9.59 Å². The molecule has 0 aliphatic heterocycles. The summed E-state index contributed by atoms with van der Waals surface area (Å²) >= 11 is 6.73. The minimum Gasteiger partial charge on any atom is -0.462 e. The summed E-state index contributed by atoms with van der Waals surface area (Å²) in [6, 6.07) is 3.17. The number of ether oxygens (including phenoxy) is 1. The Bertz CT molecular complexity index is 827. The highest BCUT2D eigenvalue weighted by Gasteiger charge is 2.29. The molecule has 0 fully saturated rings. The highest BCUT2D eigenvalue weighted by molar-refractivity contribution is 7.80. The van der Waals surface area contributed by atoms with E-state index in [1.165, 1.54) is 22.5 Å². The third-order valence-corrected chi connectivity index (χ3v) is 5.56. The lowest BCUT2D eigenvalue weighted by Gasteiger charge is -2.18. The van der Waals surface area contributed by atoms with Crippen LogP contribution in [0.1, 0.15) is 51.6 Å². The molecule has 0 saturated heterocycles. The van der Waals surface area contributed by atoms with Gasteiger partial charge in [-0.1, -0.05) is 6.92 Å². The van der Waals surface area contributed by atoms with Crippen LogP contribution in [-0.2, 0) is 17.6 Å². The first kappa shape index (κ1) is 18.6. The minimum atomic E-state index is -0.444. The lowest BCUT2D eigenvalue weighted by molar-refractivity contribution is 0.0526. The van der Waals surface area contributed by atoms with Crippen molar-refractivity contribution in [1.82, 2.24) is 5.32 Å². The second-order valence-corrected chi connectivity index (χ2v) is 7.68. The van der Waals surface area contributed by atoms with Crippen molar-refractivity contribution in [2.75, 3.05) is 11.9 Å². The molecule has 2 N–H and O–H groups in total. The van der Waals surface area contributed by atoms with Crippen molar-refractivity contribution in [3.05, 3.63) is 40.2 Å². The van der Waals surface area contributed by atoms with Gasteiger partial charge in [-0.15, -0.1) is 11.3 Å². The highest BCUT2D eigenvalue weighted by atomic mass is 32.1. The van der Waals surface area contributed by atoms with E-state index in [1.54, 1.807) is 19.1 Å². The normalized spacial score (nSPS) is 15.8. The Balaban J connectivity index is 1.81. The molecule has 0 spiro atoms. The molecule has 1 atom stereocenters. The number of hydrogen-bond acceptors (Lipinski definition) is 6. The van der Waals surface area contributed by atoms with Crippen LogP contribution in [0.4, 0.5) is 5.00 Å². The number of hydrogen-bond donors (Lipinski definition) is 2. The molecular formula is C18H20N2O4S2. The van der Waals surface area contributed by atoms with E-state index >= 15 is 0 Å². The second-order valence-electron chi connectivity index (χ2n) is 6.16. The molecule has 26 heavy (non-hydrogen) atoms. The zero-order chi connectivity index (χ0) is 18.7. The van der Waals surface area contributed by atoms with Gasteiger partial charge in [-0.05, 0) is 62.0 Å². The lowest BCUT2D eigenvalue weighted by atomic mass is 9.88. The van der Waals surface area contributed by atoms with Gasteiger partial charge in [0.15, 0.2) is 10.9 Å². The van der Waals surface area contributed by atoms with Gasteiger partial charge in [-0.2, -0.15) is 0 Å². The third-order valence-electron chi connectivity index (χ3n) is 4.19. The Hall–Kier alpha value is -2.19. The van der Waals surface area contributed by atoms with Crippen LogP contribution >= 0.6 is 23.6 Å². The quantitative estimate of drug-likeness (QED) is 0.609. The van der Waals surface area contributed by atoms with Crippen molar-refractivity contribution in [3.63, 3.8) is 0 Å². The summed E-state index contributed by atoms with van der Waals surface area (Å²) in [6.45, 7) is 4.28. The number of carbonyl (C=O) groups is 2. The average molecular weight is 393 g/mol. The maximum absolute atomic E-state index is 12.5. The monoisotopic (exact) mass is 392 g/mol. The second kappa shape index (κ2) is 8.01. The number of rotatable bonds is 4. The number of fused-ring (bicyclic) bond motifs is 1. The van der Waals surface area contributed by atoms with Gasteiger partial charge in [0.25, 0.3) is 5.91 Å². The number of thiocarbonyl (C=S) groups is 1. The Morgan fingerprint density at radius 2 is 2.27 bits per heavy atom. The number of carbonyl (C=O) groups excluding carboxylic acids is 2. The number of anilines is 1. The molecule has 3 rings (SSSR count). The molecule has 138 valence electrons. The molecule has 0 saturated carbocycles. The first-order valence-electron chi connectivity index (χ1n) is 8.47. The van der Waals surface area contributed by atoms with Crippen molar-refractivity contribution in [3.8, 4) is 0 Å². The van der Waals surface area contributed by atoms with E-state index in [0.717, 1.165) is 24.8 Å². The number of furan rings is 1. The smallest absolute Gasteiger partial charge is 0.341 e. The molecule has 8 heteroatoms. The summed E-state index contributed by atoms with van der Waals surface area (Å²) < 4.78 is 10.3. The van der Waals surface area contributed by atoms with Crippen LogP contribution in [0.3, 0.4) is 0 Å². The van der Waals surface area contributed by atoms with Crippen LogP contribution in [0.2, 0.25) is 0 Å². The molecule has 0 radical (unpaired) electrons. The van der Waals surface area contributed by atoms with Crippen molar-refractivity contribution in [2.45, 2.75) is 33.1 Å². The highest BCUT2D eigenvalue weighted by Crippen LogP contribution is 2.40. The van der Waals surface area contributed by atoms with Gasteiger partial charge >= 0.3 is 5.97 Å². The van der Waals surface area contributed by atoms with Crippen molar-refractivity contribution in [1.29, 1.82) is 0 Å². The van der Waals surface area contributed by atoms with Crippen LogP contribution in [-0.4, -0.2) is 23.6 Å². The van der Waals surface area contributed by atoms with E-state index in [4.69, 9.17) is 21.4 Å². The largest absolute Gasteiger partial charge is 0.462 e. The number of esters is 1. The summed E-state index contributed by atoms with van der Waals surface area (Å²) in [5, 5.41) is 6.28. The predicted molar refractivity (Wildman–Crippen MR) is 104 cm³/mol. The Morgan fingerprint density at radius 3 is 2.96 bits per heavy atom. The fraction of sp³-hybridized carbons (Fsp3) is 0.389. The standard InChI is InChI=1S/C18H20N2O4S2/c1-3-23-17(22)14-11-7-6-10(2)9-13(11)26-16(14)20-18(25)19-15(21)12-5-4-8-24-12/h4-5,8,10H,3,6-7,9H2,1-2H3,(H2,19,20,21,25). The zero-order valence-electron chi connectivity index (χ0n) is 14.6. The summed E-state index contributed by atoms with van der Waals surface area (Å²) in [4.78, 5) is 25.7. The van der Waals surface area contributed by atoms with Crippen LogP contribution in [0.15, 0.2) is 22.8 Å². The van der Waals surface area contributed by atoms with Crippen molar-refractivity contribution < 1.29 is 18.7 Å². The molecule has 1 aliphatic carbocycles. The molecule has 1 aliphatic rings. The van der Waals surface area contributed by atoms with E-state index < -0.39 is 5.91 Å². The maximum atomic E-state index is 12.5. The average Bonchev–Trinajstić information content (AvgIpc) is 3.21. The number of thiophene rings is 1. The maximum Gasteiger partial charge on any atom is 0.341 e. The van der Waals surface area contributed by atoms with E-state index in [1.807, 2.05) is 0 Å². The summed E-state index contributed by atoms with van der Waals surface area (Å²) in [5.74, 6) is -0.0592. The van der Waals surface area contributed by atoms with Gasteiger partial charge in [0.05, 0.1) is 18.4 Å². The first-order chi connectivity index (χ1) is 12.5. The Morgan fingerprint density at radius 1 is 1.46 bits per heavy atom. The van der Waals surface area contributed by atoms with E-state index in [-0.39, 0.29) is 16.8 Å². The van der Waals surface area contributed by atoms with Crippen LogP contribution in [0.25, 0.3) is 0 Å². The first-order valence-corrected chi connectivity index (χ1v) is 9.69. The SMILES string of the molecule is CCOC(=O)c1c(NC(=S)NC(=O)c2ccco2)sc2c1CCC(C)C2. The summed E-state index contributed by atoms with van der Waals surface area (Å²) in [5.41, 5.74) is 1.57. The molecule has 6 nitrogen and oxygen atoms in total. The lowest BCUT2D eigenvalue weighted by Crippen LogP contribution is -2.34. The molecule has 2 aromatic rings. The van der Waals surface area contributed by atoms with Crippen molar-refractivity contribution in [2.24, 2.45) is 5.92 Å². The molecular weight excluding hydrogens is 372 g/mol. The molecule has 2 heterocycles. The van der Waals surface area contributed by atoms with E-state index in [2.05, 4.69) is 17.6 Å². The van der Waals surface area contributed by atoms with E-state index in [0.29, 0.717) is 23.1 Å². The molecule has 0 bridgehead atoms. The molecule has 2 aromatic heterocycles. The van der Waals surface area contributed by atoms with Gasteiger partial charge in [-0.3, -0.25) is 10.1 Å². The summed E-state index contributed by atoms with van der Waals surface area (Å²) in [7, 11) is 0. The molecule has 1 unspecified atom stereocenters. The van der Waals surface area contributed by atoms with Gasteiger partial charge in [0, 0.05) is 4.88 Å². The minimum absolute atomic E-state index is 0.114. The summed E-state index contributed by atoms with van der Waals surface area (Å²) in [6.07, 6.45) is 4.22. The van der Waals surface area contributed by atoms with Crippen LogP contribution in [0, 0.1) is 5.92 Å². The third kappa shape index (κ3) is 3.96. The Labute approximate surface area is 160 Å². The van der Waals surface area contributed by atoms with Gasteiger partial charge in [-0.25, -0.2) is 4.79 Å². The van der Waals surface area contributed by atoms with Crippen LogP contribution in [0.5, 0.6) is 0 Å². The molecule has 1 amide bonds. The number of amides is 1. The van der Waals surface area contributed by atoms with Crippen LogP contribution < -0.4 is 10.6 Å². The Kier molecular flexibility index (Phi) is 5.73. The van der Waals surface area contributed by atoms with Gasteiger partial charge in [0.1, 0.15) is 5.00 Å².